The van der Waals surface area contributed by atoms with Crippen molar-refractivity contribution in [2.75, 3.05) is 13.2 Å². The van der Waals surface area contributed by atoms with Gasteiger partial charge in [0, 0.05) is 26.4 Å². The van der Waals surface area contributed by atoms with Crippen molar-refractivity contribution < 1.29 is 53.4 Å². The molecule has 4 rings (SSSR count). The molecule has 0 amide bonds. The molecule has 8 atom stereocenters. The number of ketones is 1. The van der Waals surface area contributed by atoms with Gasteiger partial charge in [0.05, 0.1) is 35.7 Å². The van der Waals surface area contributed by atoms with E-state index in [9.17, 15) is 34.5 Å². The first-order valence-electron chi connectivity index (χ1n) is 14.1. The third-order valence-electron chi connectivity index (χ3n) is 9.32. The molecule has 0 unspecified atom stereocenters. The number of aliphatic hydroxyl groups is 3. The average Bonchev–Trinajstić information content (AvgIpc) is 2.92. The molecule has 42 heavy (non-hydrogen) atoms. The lowest BCUT2D eigenvalue weighted by Gasteiger charge is -2.64. The molecule has 0 aromatic heterocycles. The Bertz CT molecular complexity index is 1240. The maximum atomic E-state index is 14.7. The average molecular weight is 589 g/mol. The van der Waals surface area contributed by atoms with Crippen LogP contribution in [0.15, 0.2) is 41.5 Å². The highest BCUT2D eigenvalue weighted by Crippen LogP contribution is 2.60. The number of ether oxygens (including phenoxy) is 4. The van der Waals surface area contributed by atoms with Crippen molar-refractivity contribution in [3.8, 4) is 0 Å². The van der Waals surface area contributed by atoms with Crippen molar-refractivity contribution >= 4 is 24.2 Å². The fraction of sp³-hybridized carbons (Fsp3) is 0.613. The lowest BCUT2D eigenvalue weighted by Crippen LogP contribution is -2.78. The molecular weight excluding hydrogens is 548 g/mol. The Morgan fingerprint density at radius 2 is 1.83 bits per heavy atom. The van der Waals surface area contributed by atoms with E-state index in [0.29, 0.717) is 5.57 Å². The van der Waals surface area contributed by atoms with E-state index in [4.69, 9.17) is 18.9 Å². The quantitative estimate of drug-likeness (QED) is 0.176. The summed E-state index contributed by atoms with van der Waals surface area (Å²) in [6, 6.07) is 8.28. The van der Waals surface area contributed by atoms with Gasteiger partial charge < -0.3 is 34.3 Å². The molecule has 2 saturated carbocycles. The Labute approximate surface area is 244 Å². The lowest BCUT2D eigenvalue weighted by atomic mass is 9.49. The summed E-state index contributed by atoms with van der Waals surface area (Å²) in [5.74, 6) is -3.08. The zero-order valence-electron chi connectivity index (χ0n) is 24.6. The van der Waals surface area contributed by atoms with Gasteiger partial charge >= 0.3 is 11.9 Å². The summed E-state index contributed by atoms with van der Waals surface area (Å²) in [6.07, 6.45) is -5.97. The van der Waals surface area contributed by atoms with E-state index >= 15 is 0 Å². The molecular formula is C31H40O11. The molecule has 0 spiro atoms. The number of fused-ring (bicyclic) bond motifs is 3. The second-order valence-corrected chi connectivity index (χ2v) is 12.4. The number of Topliss-reactive ketones (excluding diaryl/α,β-unsaturated/α-hetero) is 1. The zero-order valence-corrected chi connectivity index (χ0v) is 24.6. The van der Waals surface area contributed by atoms with E-state index in [1.165, 1.54) is 13.8 Å². The number of carbonyl (C=O) groups excluding carboxylic acids is 4. The van der Waals surface area contributed by atoms with Gasteiger partial charge in [-0.1, -0.05) is 32.0 Å². The van der Waals surface area contributed by atoms with Crippen LogP contribution in [0, 0.1) is 16.7 Å². The van der Waals surface area contributed by atoms with Crippen molar-refractivity contribution in [1.82, 2.24) is 0 Å². The van der Waals surface area contributed by atoms with Crippen molar-refractivity contribution in [2.45, 2.75) is 90.0 Å². The summed E-state index contributed by atoms with van der Waals surface area (Å²) in [5, 5.41) is 32.0. The van der Waals surface area contributed by atoms with Gasteiger partial charge in [-0.3, -0.25) is 14.4 Å². The molecule has 11 nitrogen and oxygen atoms in total. The number of hydrogen-bond acceptors (Lipinski definition) is 11. The molecule has 1 aliphatic heterocycles. The molecule has 0 radical (unpaired) electrons. The second-order valence-electron chi connectivity index (χ2n) is 12.4. The van der Waals surface area contributed by atoms with Gasteiger partial charge in [0.2, 0.25) is 0 Å². The van der Waals surface area contributed by atoms with Crippen LogP contribution in [0.4, 0.5) is 0 Å². The van der Waals surface area contributed by atoms with Gasteiger partial charge in [-0.2, -0.15) is 0 Å². The van der Waals surface area contributed by atoms with Crippen molar-refractivity contribution in [1.29, 1.82) is 0 Å². The SMILES string of the molecule is CC(=O)O[C@@]12CO[C@@H]1C[C@H](O)[C@@]1(C)C(=O)[C@H](OC=O)/C(=C(\C)[C@@H](O)CCO)C(C)(C)C[C@@H](OC(=O)c3ccccc3)[C@H]21. The summed E-state index contributed by atoms with van der Waals surface area (Å²) in [5.41, 5.74) is -3.36. The Hall–Kier alpha value is -3.12. The summed E-state index contributed by atoms with van der Waals surface area (Å²) >= 11 is 0. The highest BCUT2D eigenvalue weighted by molar-refractivity contribution is 5.94. The second kappa shape index (κ2) is 11.9. The molecule has 11 heteroatoms. The predicted molar refractivity (Wildman–Crippen MR) is 147 cm³/mol. The summed E-state index contributed by atoms with van der Waals surface area (Å²) in [7, 11) is 0. The Balaban J connectivity index is 1.98. The van der Waals surface area contributed by atoms with Crippen LogP contribution in [-0.4, -0.2) is 88.8 Å². The lowest BCUT2D eigenvalue weighted by molar-refractivity contribution is -0.331. The van der Waals surface area contributed by atoms with Gasteiger partial charge in [0.25, 0.3) is 6.47 Å². The molecule has 1 aromatic rings. The van der Waals surface area contributed by atoms with Gasteiger partial charge in [-0.25, -0.2) is 4.79 Å². The number of esters is 2. The minimum atomic E-state index is -1.75. The molecule has 1 heterocycles. The summed E-state index contributed by atoms with van der Waals surface area (Å²) < 4.78 is 23.3. The van der Waals surface area contributed by atoms with Crippen molar-refractivity contribution in [3.63, 3.8) is 0 Å². The van der Waals surface area contributed by atoms with E-state index in [0.717, 1.165) is 0 Å². The van der Waals surface area contributed by atoms with E-state index in [-0.39, 0.29) is 50.1 Å². The predicted octanol–water partition coefficient (Wildman–Crippen LogP) is 1.90. The molecule has 0 bridgehead atoms. The third-order valence-corrected chi connectivity index (χ3v) is 9.32. The molecule has 230 valence electrons. The van der Waals surface area contributed by atoms with E-state index in [2.05, 4.69) is 0 Å². The first-order valence-corrected chi connectivity index (χ1v) is 14.1. The molecule has 1 saturated heterocycles. The van der Waals surface area contributed by atoms with Gasteiger partial charge in [0.15, 0.2) is 17.5 Å². The van der Waals surface area contributed by atoms with Crippen LogP contribution in [0.3, 0.4) is 0 Å². The Morgan fingerprint density at radius 1 is 1.17 bits per heavy atom. The van der Waals surface area contributed by atoms with Crippen molar-refractivity contribution in [3.05, 3.63) is 47.0 Å². The number of benzene rings is 1. The summed E-state index contributed by atoms with van der Waals surface area (Å²) in [6.45, 7) is 7.58. The number of rotatable bonds is 8. The van der Waals surface area contributed by atoms with Crippen molar-refractivity contribution in [2.24, 2.45) is 16.7 Å². The van der Waals surface area contributed by atoms with Gasteiger partial charge in [-0.15, -0.1) is 0 Å². The topological polar surface area (TPSA) is 166 Å². The summed E-state index contributed by atoms with van der Waals surface area (Å²) in [4.78, 5) is 52.5. The van der Waals surface area contributed by atoms with E-state index in [1.807, 2.05) is 0 Å². The monoisotopic (exact) mass is 588 g/mol. The molecule has 3 N–H and O–H groups in total. The van der Waals surface area contributed by atoms with Gasteiger partial charge in [-0.05, 0) is 49.0 Å². The first-order chi connectivity index (χ1) is 19.7. The minimum absolute atomic E-state index is 0.0308. The normalized spacial score (nSPS) is 35.6. The Kier molecular flexibility index (Phi) is 8.99. The molecule has 3 fully saturated rings. The van der Waals surface area contributed by atoms with Crippen LogP contribution >= 0.6 is 0 Å². The standard InChI is InChI=1S/C31H40O11/c1-17(20(35)11-12-32)24-25(40-16-33)27(37)30(5)22(36)13-23-31(15-39-23,42-18(2)34)26(30)21(14-29(24,3)4)41-28(38)19-9-7-6-8-10-19/h6-10,16,20-23,25-26,32,35-36H,11-15H2,1-5H3/b24-17-/t20-,21+,22-,23+,25+,26-,30+,31-/m0/s1. The maximum absolute atomic E-state index is 14.7. The molecule has 3 aliphatic rings. The minimum Gasteiger partial charge on any atom is -0.458 e. The zero-order chi connectivity index (χ0) is 31.0. The van der Waals surface area contributed by atoms with Crippen LogP contribution in [0.2, 0.25) is 0 Å². The number of aliphatic hydroxyl groups excluding tert-OH is 3. The Morgan fingerprint density at radius 3 is 2.38 bits per heavy atom. The fourth-order valence-electron chi connectivity index (χ4n) is 7.36. The van der Waals surface area contributed by atoms with Crippen LogP contribution < -0.4 is 0 Å². The molecule has 1 aromatic carbocycles. The fourth-order valence-corrected chi connectivity index (χ4v) is 7.36. The largest absolute Gasteiger partial charge is 0.458 e. The van der Waals surface area contributed by atoms with Crippen LogP contribution in [0.25, 0.3) is 0 Å². The van der Waals surface area contributed by atoms with Crippen LogP contribution in [0.5, 0.6) is 0 Å². The maximum Gasteiger partial charge on any atom is 0.338 e. The van der Waals surface area contributed by atoms with Gasteiger partial charge in [0.1, 0.15) is 12.2 Å². The van der Waals surface area contributed by atoms with E-state index < -0.39 is 70.6 Å². The smallest absolute Gasteiger partial charge is 0.338 e. The number of carbonyl (C=O) groups is 4. The third kappa shape index (κ3) is 5.27. The van der Waals surface area contributed by atoms with Crippen LogP contribution in [-0.2, 0) is 33.3 Å². The number of hydrogen-bond donors (Lipinski definition) is 3. The molecule has 2 aliphatic carbocycles. The van der Waals surface area contributed by atoms with E-state index in [1.54, 1.807) is 51.1 Å². The highest BCUT2D eigenvalue weighted by atomic mass is 16.6. The first kappa shape index (κ1) is 31.8. The highest BCUT2D eigenvalue weighted by Gasteiger charge is 2.73. The van der Waals surface area contributed by atoms with Crippen LogP contribution in [0.1, 0.15) is 64.2 Å².